The summed E-state index contributed by atoms with van der Waals surface area (Å²) in [5, 5.41) is 9.77. The maximum Gasteiger partial charge on any atom is 0.325 e. The van der Waals surface area contributed by atoms with E-state index in [1.54, 1.807) is 20.0 Å². The fourth-order valence-corrected chi connectivity index (χ4v) is 2.01. The first-order chi connectivity index (χ1) is 8.00. The number of hydrogen-bond donors (Lipinski definition) is 1. The Hall–Kier alpha value is -1.40. The van der Waals surface area contributed by atoms with Crippen LogP contribution in [0.2, 0.25) is 5.28 Å². The second kappa shape index (κ2) is 4.46. The van der Waals surface area contributed by atoms with Gasteiger partial charge in [-0.25, -0.2) is 14.8 Å². The van der Waals surface area contributed by atoms with Crippen LogP contribution in [0.3, 0.4) is 0 Å². The van der Waals surface area contributed by atoms with Crippen molar-refractivity contribution in [3.8, 4) is 0 Å². The van der Waals surface area contributed by atoms with Crippen molar-refractivity contribution >= 4 is 23.4 Å². The van der Waals surface area contributed by atoms with Gasteiger partial charge in [0.1, 0.15) is 5.82 Å². The zero-order chi connectivity index (χ0) is 12.6. The zero-order valence-corrected chi connectivity index (χ0v) is 10.3. The quantitative estimate of drug-likeness (QED) is 0.793. The van der Waals surface area contributed by atoms with Crippen molar-refractivity contribution in [3.05, 3.63) is 17.5 Å². The number of urea groups is 1. The highest BCUT2D eigenvalue weighted by Crippen LogP contribution is 2.24. The van der Waals surface area contributed by atoms with Crippen LogP contribution in [-0.2, 0) is 0 Å². The van der Waals surface area contributed by atoms with Crippen LogP contribution in [0.15, 0.2) is 12.3 Å². The molecule has 2 amide bonds. The van der Waals surface area contributed by atoms with E-state index in [0.29, 0.717) is 12.4 Å². The molecule has 0 radical (unpaired) electrons. The Kier molecular flexibility index (Phi) is 3.17. The molecule has 0 bridgehead atoms. The SMILES string of the molecule is CC(O)[C@H]1CN(C)C(=O)N1c1ccnc(Cl)n1. The molecule has 2 rings (SSSR count). The van der Waals surface area contributed by atoms with Gasteiger partial charge in [0.15, 0.2) is 0 Å². The maximum atomic E-state index is 12.0. The molecule has 1 aromatic heterocycles. The monoisotopic (exact) mass is 256 g/mol. The number of likely N-dealkylation sites (N-methyl/N-ethyl adjacent to an activating group) is 1. The molecule has 2 heterocycles. The highest BCUT2D eigenvalue weighted by Gasteiger charge is 2.39. The topological polar surface area (TPSA) is 69.6 Å². The standard InChI is InChI=1S/C10H13ClN4O2/c1-6(16)7-5-14(2)10(17)15(7)8-3-4-12-9(11)13-8/h3-4,6-7,16H,5H2,1-2H3/t6?,7-/m1/s1. The Labute approximate surface area is 104 Å². The van der Waals surface area contributed by atoms with Crippen molar-refractivity contribution in [2.24, 2.45) is 0 Å². The molecule has 17 heavy (non-hydrogen) atoms. The lowest BCUT2D eigenvalue weighted by Crippen LogP contribution is -2.41. The number of hydrogen-bond acceptors (Lipinski definition) is 4. The van der Waals surface area contributed by atoms with Crippen LogP contribution < -0.4 is 4.90 Å². The highest BCUT2D eigenvalue weighted by atomic mass is 35.5. The number of anilines is 1. The number of nitrogens with zero attached hydrogens (tertiary/aromatic N) is 4. The first-order valence-electron chi connectivity index (χ1n) is 5.21. The molecule has 0 aromatic carbocycles. The summed E-state index contributed by atoms with van der Waals surface area (Å²) in [6, 6.07) is 1.07. The molecule has 92 valence electrons. The molecule has 1 saturated heterocycles. The Balaban J connectivity index is 2.37. The van der Waals surface area contributed by atoms with E-state index in [2.05, 4.69) is 9.97 Å². The summed E-state index contributed by atoms with van der Waals surface area (Å²) in [6.07, 6.45) is 0.840. The van der Waals surface area contributed by atoms with Crippen LogP contribution in [-0.4, -0.2) is 51.7 Å². The third-order valence-corrected chi connectivity index (χ3v) is 2.92. The lowest BCUT2D eigenvalue weighted by Gasteiger charge is -2.23. The van der Waals surface area contributed by atoms with Gasteiger partial charge in [-0.05, 0) is 24.6 Å². The fraction of sp³-hybridized carbons (Fsp3) is 0.500. The van der Waals surface area contributed by atoms with E-state index in [-0.39, 0.29) is 17.4 Å². The average molecular weight is 257 g/mol. The zero-order valence-electron chi connectivity index (χ0n) is 9.54. The molecule has 1 unspecified atom stereocenters. The molecule has 1 aromatic rings. The number of aromatic nitrogens is 2. The molecule has 2 atom stereocenters. The van der Waals surface area contributed by atoms with Crippen molar-refractivity contribution in [3.63, 3.8) is 0 Å². The van der Waals surface area contributed by atoms with E-state index in [4.69, 9.17) is 11.6 Å². The smallest absolute Gasteiger partial charge is 0.325 e. The van der Waals surface area contributed by atoms with Crippen molar-refractivity contribution in [1.82, 2.24) is 14.9 Å². The number of aliphatic hydroxyl groups is 1. The minimum Gasteiger partial charge on any atom is -0.391 e. The molecule has 1 fully saturated rings. The largest absolute Gasteiger partial charge is 0.391 e. The van der Waals surface area contributed by atoms with Crippen LogP contribution in [0.1, 0.15) is 6.92 Å². The molecule has 0 aliphatic carbocycles. The molecule has 1 N–H and O–H groups in total. The van der Waals surface area contributed by atoms with Crippen molar-refractivity contribution in [2.45, 2.75) is 19.1 Å². The lowest BCUT2D eigenvalue weighted by atomic mass is 10.2. The number of rotatable bonds is 2. The van der Waals surface area contributed by atoms with Crippen LogP contribution in [0, 0.1) is 0 Å². The second-order valence-electron chi connectivity index (χ2n) is 4.02. The van der Waals surface area contributed by atoms with Crippen LogP contribution >= 0.6 is 11.6 Å². The first-order valence-corrected chi connectivity index (χ1v) is 5.59. The van der Waals surface area contributed by atoms with Gasteiger partial charge in [0.05, 0.1) is 12.1 Å². The molecule has 0 spiro atoms. The van der Waals surface area contributed by atoms with Gasteiger partial charge in [-0.1, -0.05) is 0 Å². The van der Waals surface area contributed by atoms with E-state index in [9.17, 15) is 9.90 Å². The fourth-order valence-electron chi connectivity index (χ4n) is 1.86. The van der Waals surface area contributed by atoms with Crippen molar-refractivity contribution < 1.29 is 9.90 Å². The van der Waals surface area contributed by atoms with Crippen molar-refractivity contribution in [1.29, 1.82) is 0 Å². The number of halogens is 1. The van der Waals surface area contributed by atoms with E-state index >= 15 is 0 Å². The molecular weight excluding hydrogens is 244 g/mol. The number of carbonyl (C=O) groups excluding carboxylic acids is 1. The summed E-state index contributed by atoms with van der Waals surface area (Å²) in [7, 11) is 1.68. The summed E-state index contributed by atoms with van der Waals surface area (Å²) in [5.41, 5.74) is 0. The summed E-state index contributed by atoms with van der Waals surface area (Å²) in [4.78, 5) is 22.7. The van der Waals surface area contributed by atoms with Gasteiger partial charge >= 0.3 is 6.03 Å². The van der Waals surface area contributed by atoms with Crippen LogP contribution in [0.4, 0.5) is 10.6 Å². The highest BCUT2D eigenvalue weighted by molar-refractivity contribution is 6.28. The number of carbonyl (C=O) groups is 1. The van der Waals surface area contributed by atoms with Crippen LogP contribution in [0.25, 0.3) is 0 Å². The normalized spacial score (nSPS) is 22.1. The molecule has 1 aliphatic rings. The van der Waals surface area contributed by atoms with Gasteiger partial charge in [0.25, 0.3) is 0 Å². The Morgan fingerprint density at radius 3 is 2.94 bits per heavy atom. The van der Waals surface area contributed by atoms with Gasteiger partial charge in [0.2, 0.25) is 5.28 Å². The van der Waals surface area contributed by atoms with Crippen molar-refractivity contribution in [2.75, 3.05) is 18.5 Å². The third-order valence-electron chi connectivity index (χ3n) is 2.74. The Morgan fingerprint density at radius 2 is 2.35 bits per heavy atom. The second-order valence-corrected chi connectivity index (χ2v) is 4.36. The molecule has 6 nitrogen and oxygen atoms in total. The van der Waals surface area contributed by atoms with Gasteiger partial charge in [0, 0.05) is 19.8 Å². The summed E-state index contributed by atoms with van der Waals surface area (Å²) >= 11 is 5.70. The predicted molar refractivity (Wildman–Crippen MR) is 63.0 cm³/mol. The van der Waals surface area contributed by atoms with Gasteiger partial charge in [-0.15, -0.1) is 0 Å². The molecular formula is C10H13ClN4O2. The molecule has 7 heteroatoms. The molecule has 1 aliphatic heterocycles. The van der Waals surface area contributed by atoms with E-state index < -0.39 is 6.10 Å². The van der Waals surface area contributed by atoms with E-state index in [0.717, 1.165) is 0 Å². The summed E-state index contributed by atoms with van der Waals surface area (Å²) in [5.74, 6) is 0.408. The minimum absolute atomic E-state index is 0.0780. The Morgan fingerprint density at radius 1 is 1.65 bits per heavy atom. The molecule has 0 saturated carbocycles. The van der Waals surface area contributed by atoms with E-state index in [1.165, 1.54) is 16.0 Å². The number of amides is 2. The lowest BCUT2D eigenvalue weighted by molar-refractivity contribution is 0.164. The Bertz CT molecular complexity index is 440. The van der Waals surface area contributed by atoms with E-state index in [1.807, 2.05) is 0 Å². The third kappa shape index (κ3) is 2.18. The predicted octanol–water partition coefficient (Wildman–Crippen LogP) is 0.751. The summed E-state index contributed by atoms with van der Waals surface area (Å²) in [6.45, 7) is 2.10. The van der Waals surface area contributed by atoms with Gasteiger partial charge < -0.3 is 10.0 Å². The number of aliphatic hydroxyl groups excluding tert-OH is 1. The van der Waals surface area contributed by atoms with Gasteiger partial charge in [-0.3, -0.25) is 4.90 Å². The first kappa shape index (κ1) is 12.1. The summed E-state index contributed by atoms with van der Waals surface area (Å²) < 4.78 is 0. The minimum atomic E-state index is -0.641. The maximum absolute atomic E-state index is 12.0. The van der Waals surface area contributed by atoms with Gasteiger partial charge in [-0.2, -0.15) is 0 Å². The average Bonchev–Trinajstić information content (AvgIpc) is 2.56. The van der Waals surface area contributed by atoms with Crippen LogP contribution in [0.5, 0.6) is 0 Å².